The second kappa shape index (κ2) is 12.2. The highest BCUT2D eigenvalue weighted by molar-refractivity contribution is 7.97. The van der Waals surface area contributed by atoms with Gasteiger partial charge in [0.05, 0.1) is 13.2 Å². The first-order valence-electron chi connectivity index (χ1n) is 9.58. The van der Waals surface area contributed by atoms with E-state index in [1.165, 1.54) is 11.9 Å². The lowest BCUT2D eigenvalue weighted by molar-refractivity contribution is -0.136. The van der Waals surface area contributed by atoms with Gasteiger partial charge in [-0.2, -0.15) is 0 Å². The molecule has 1 aromatic rings. The largest absolute Gasteiger partial charge is 0.508 e. The maximum absolute atomic E-state index is 11.0. The number of phenols is 1. The fraction of sp³-hybridized carbons (Fsp3) is 0.409. The molecule has 0 saturated heterocycles. The van der Waals surface area contributed by atoms with E-state index in [0.717, 1.165) is 28.2 Å². The first kappa shape index (κ1) is 23.7. The highest BCUT2D eigenvalue weighted by Gasteiger charge is 2.27. The van der Waals surface area contributed by atoms with Crippen molar-refractivity contribution < 1.29 is 19.7 Å². The van der Waals surface area contributed by atoms with E-state index in [1.54, 1.807) is 25.3 Å². The third-order valence-electron chi connectivity index (χ3n) is 4.06. The smallest absolute Gasteiger partial charge is 0.303 e. The average Bonchev–Trinajstić information content (AvgIpc) is 2.96. The molecule has 28 heavy (non-hydrogen) atoms. The molecule has 0 fully saturated rings. The number of hydrogen-bond acceptors (Lipinski definition) is 5. The number of allylic oxidation sites excluding steroid dienone is 2. The van der Waals surface area contributed by atoms with E-state index in [9.17, 15) is 9.90 Å². The summed E-state index contributed by atoms with van der Waals surface area (Å²) in [6, 6.07) is 7.14. The SMILES string of the molecule is CC.CC/C=C(\C=C1\C(CCC(=O)O)=CN(Sc2cccc(O)c2)C1C)OC. The van der Waals surface area contributed by atoms with Gasteiger partial charge in [0.15, 0.2) is 0 Å². The monoisotopic (exact) mass is 405 g/mol. The molecular weight excluding hydrogens is 374 g/mol. The average molecular weight is 406 g/mol. The molecule has 1 heterocycles. The molecule has 6 heteroatoms. The van der Waals surface area contributed by atoms with Crippen molar-refractivity contribution in [3.63, 3.8) is 0 Å². The van der Waals surface area contributed by atoms with Gasteiger partial charge in [0, 0.05) is 17.5 Å². The Bertz CT molecular complexity index is 740. The van der Waals surface area contributed by atoms with Crippen LogP contribution in [0.25, 0.3) is 0 Å². The minimum absolute atomic E-state index is 0.0570. The molecule has 0 amide bonds. The van der Waals surface area contributed by atoms with Crippen molar-refractivity contribution in [2.45, 2.75) is 57.9 Å². The quantitative estimate of drug-likeness (QED) is 0.424. The molecule has 1 aliphatic rings. The molecule has 0 bridgehead atoms. The van der Waals surface area contributed by atoms with Crippen LogP contribution in [0.15, 0.2) is 64.4 Å². The van der Waals surface area contributed by atoms with Crippen LogP contribution < -0.4 is 0 Å². The van der Waals surface area contributed by atoms with Crippen molar-refractivity contribution >= 4 is 17.9 Å². The zero-order chi connectivity index (χ0) is 21.1. The number of methoxy groups -OCH3 is 1. The fourth-order valence-electron chi connectivity index (χ4n) is 2.73. The lowest BCUT2D eigenvalue weighted by atomic mass is 9.99. The summed E-state index contributed by atoms with van der Waals surface area (Å²) in [7, 11) is 1.64. The minimum Gasteiger partial charge on any atom is -0.508 e. The molecule has 154 valence electrons. The van der Waals surface area contributed by atoms with E-state index in [4.69, 9.17) is 9.84 Å². The van der Waals surface area contributed by atoms with E-state index >= 15 is 0 Å². The predicted molar refractivity (Wildman–Crippen MR) is 115 cm³/mol. The van der Waals surface area contributed by atoms with Crippen molar-refractivity contribution in [2.75, 3.05) is 7.11 Å². The molecule has 0 radical (unpaired) electrons. The van der Waals surface area contributed by atoms with Crippen LogP contribution in [-0.2, 0) is 9.53 Å². The lowest BCUT2D eigenvalue weighted by Gasteiger charge is -2.22. The van der Waals surface area contributed by atoms with E-state index in [0.29, 0.717) is 6.42 Å². The van der Waals surface area contributed by atoms with Crippen molar-refractivity contribution in [1.29, 1.82) is 0 Å². The second-order valence-electron chi connectivity index (χ2n) is 5.99. The van der Waals surface area contributed by atoms with Crippen molar-refractivity contribution in [1.82, 2.24) is 4.31 Å². The third-order valence-corrected chi connectivity index (χ3v) is 5.16. The second-order valence-corrected chi connectivity index (χ2v) is 7.07. The summed E-state index contributed by atoms with van der Waals surface area (Å²) >= 11 is 1.51. The van der Waals surface area contributed by atoms with Gasteiger partial charge in [0.25, 0.3) is 0 Å². The number of rotatable bonds is 8. The number of nitrogens with zero attached hydrogens (tertiary/aromatic N) is 1. The molecule has 1 aromatic carbocycles. The minimum atomic E-state index is -0.812. The van der Waals surface area contributed by atoms with Gasteiger partial charge in [-0.05, 0) is 73.2 Å². The molecule has 2 rings (SSSR count). The molecule has 0 spiro atoms. The molecule has 1 atom stereocenters. The number of carbonyl (C=O) groups is 1. The first-order chi connectivity index (χ1) is 13.4. The highest BCUT2D eigenvalue weighted by Crippen LogP contribution is 2.39. The number of carboxylic acids is 1. The van der Waals surface area contributed by atoms with E-state index < -0.39 is 5.97 Å². The predicted octanol–water partition coefficient (Wildman–Crippen LogP) is 5.75. The van der Waals surface area contributed by atoms with Crippen LogP contribution in [0.3, 0.4) is 0 Å². The summed E-state index contributed by atoms with van der Waals surface area (Å²) in [5, 5.41) is 18.7. The molecule has 5 nitrogen and oxygen atoms in total. The van der Waals surface area contributed by atoms with E-state index in [1.807, 2.05) is 45.2 Å². The number of carboxylic acid groups (broad SMARTS) is 1. The normalized spacial score (nSPS) is 17.8. The van der Waals surface area contributed by atoms with Crippen LogP contribution in [0.4, 0.5) is 0 Å². The zero-order valence-electron chi connectivity index (χ0n) is 17.3. The summed E-state index contributed by atoms with van der Waals surface area (Å²) < 4.78 is 7.51. The highest BCUT2D eigenvalue weighted by atomic mass is 32.2. The van der Waals surface area contributed by atoms with Crippen molar-refractivity contribution in [3.8, 4) is 5.75 Å². The third kappa shape index (κ3) is 7.00. The van der Waals surface area contributed by atoms with Gasteiger partial charge in [-0.15, -0.1) is 0 Å². The van der Waals surface area contributed by atoms with Gasteiger partial charge < -0.3 is 19.3 Å². The summed E-state index contributed by atoms with van der Waals surface area (Å²) in [6.45, 7) is 8.12. The summed E-state index contributed by atoms with van der Waals surface area (Å²) in [5.41, 5.74) is 2.05. The molecule has 0 saturated carbocycles. The summed E-state index contributed by atoms with van der Waals surface area (Å²) in [6.07, 6.45) is 7.39. The number of aliphatic carboxylic acids is 1. The Hall–Kier alpha value is -2.34. The Labute approximate surface area is 172 Å². The summed E-state index contributed by atoms with van der Waals surface area (Å²) in [5.74, 6) is 0.188. The van der Waals surface area contributed by atoms with Crippen LogP contribution >= 0.6 is 11.9 Å². The van der Waals surface area contributed by atoms with Gasteiger partial charge >= 0.3 is 5.97 Å². The number of ether oxygens (including phenoxy) is 1. The Morgan fingerprint density at radius 1 is 1.36 bits per heavy atom. The molecule has 2 N–H and O–H groups in total. The van der Waals surface area contributed by atoms with Gasteiger partial charge in [0.2, 0.25) is 0 Å². The van der Waals surface area contributed by atoms with Gasteiger partial charge in [-0.1, -0.05) is 26.8 Å². The standard InChI is InChI=1S/C20H25NO4S.C2H6/c1-4-6-17(25-3)12-19-14(2)21(13-15(19)9-10-20(23)24)26-18-8-5-7-16(22)11-18;1-2/h5-8,11-14,22H,4,9-10H2,1-3H3,(H,23,24);1-2H3/b17-6+,19-12+;. The van der Waals surface area contributed by atoms with Crippen LogP contribution in [0, 0.1) is 0 Å². The van der Waals surface area contributed by atoms with E-state index in [2.05, 4.69) is 11.2 Å². The molecular formula is C22H31NO4S. The molecule has 0 aromatic heterocycles. The number of phenolic OH excluding ortho intramolecular Hbond substituents is 1. The fourth-order valence-corrected chi connectivity index (χ4v) is 3.74. The van der Waals surface area contributed by atoms with Crippen molar-refractivity contribution in [3.05, 3.63) is 59.5 Å². The van der Waals surface area contributed by atoms with Crippen LogP contribution in [0.2, 0.25) is 0 Å². The van der Waals surface area contributed by atoms with Gasteiger partial charge in [-0.25, -0.2) is 0 Å². The summed E-state index contributed by atoms with van der Waals surface area (Å²) in [4.78, 5) is 11.9. The Morgan fingerprint density at radius 2 is 2.07 bits per heavy atom. The first-order valence-corrected chi connectivity index (χ1v) is 10.4. The van der Waals surface area contributed by atoms with Crippen LogP contribution in [0.1, 0.15) is 47.0 Å². The Kier molecular flexibility index (Phi) is 10.3. The lowest BCUT2D eigenvalue weighted by Crippen LogP contribution is -2.18. The number of aromatic hydroxyl groups is 1. The number of hydrogen-bond donors (Lipinski definition) is 2. The zero-order valence-corrected chi connectivity index (χ0v) is 18.1. The topological polar surface area (TPSA) is 70.0 Å². The molecule has 1 aliphatic heterocycles. The van der Waals surface area contributed by atoms with Crippen LogP contribution in [-0.4, -0.2) is 33.6 Å². The number of benzene rings is 1. The maximum atomic E-state index is 11.0. The van der Waals surface area contributed by atoms with Crippen LogP contribution in [0.5, 0.6) is 5.75 Å². The Balaban J connectivity index is 0.00000190. The molecule has 0 aliphatic carbocycles. The van der Waals surface area contributed by atoms with Gasteiger partial charge in [-0.3, -0.25) is 4.79 Å². The van der Waals surface area contributed by atoms with Crippen molar-refractivity contribution in [2.24, 2.45) is 0 Å². The maximum Gasteiger partial charge on any atom is 0.303 e. The molecule has 1 unspecified atom stereocenters. The van der Waals surface area contributed by atoms with Gasteiger partial charge in [0.1, 0.15) is 11.5 Å². The Morgan fingerprint density at radius 3 is 2.64 bits per heavy atom. The van der Waals surface area contributed by atoms with E-state index in [-0.39, 0.29) is 18.2 Å².